The second-order valence-corrected chi connectivity index (χ2v) is 4.23. The molecule has 0 N–H and O–H groups in total. The van der Waals surface area contributed by atoms with Gasteiger partial charge in [0.25, 0.3) is 0 Å². The lowest BCUT2D eigenvalue weighted by atomic mass is 9.86. The summed E-state index contributed by atoms with van der Waals surface area (Å²) < 4.78 is 9.89. The number of hydrogen-bond acceptors (Lipinski definition) is 4. The quantitative estimate of drug-likeness (QED) is 0.442. The molecule has 90 valence electrons. The zero-order chi connectivity index (χ0) is 12.8. The monoisotopic (exact) mass is 290 g/mol. The molecule has 0 spiro atoms. The molecule has 0 aromatic rings. The summed E-state index contributed by atoms with van der Waals surface area (Å²) in [5, 5.41) is 0. The van der Waals surface area contributed by atoms with Crippen molar-refractivity contribution in [2.24, 2.45) is 5.41 Å². The summed E-state index contributed by atoms with van der Waals surface area (Å²) in [5.41, 5.74) is -1.33. The third-order valence-electron chi connectivity index (χ3n) is 2.17. The summed E-state index contributed by atoms with van der Waals surface area (Å²) in [6.07, 6.45) is 3.41. The van der Waals surface area contributed by atoms with Crippen molar-refractivity contribution in [2.75, 3.05) is 14.2 Å². The molecule has 0 aliphatic rings. The summed E-state index contributed by atoms with van der Waals surface area (Å²) in [7, 11) is 2.46. The highest BCUT2D eigenvalue weighted by molar-refractivity contribution is 9.11. The van der Waals surface area contributed by atoms with Gasteiger partial charge in [0, 0.05) is 4.48 Å². The molecular weight excluding hydrogens is 276 g/mol. The molecule has 0 unspecified atom stereocenters. The van der Waals surface area contributed by atoms with Crippen LogP contribution in [-0.2, 0) is 19.1 Å². The Labute approximate surface area is 103 Å². The molecule has 0 amide bonds. The number of hydrogen-bond donors (Lipinski definition) is 0. The van der Waals surface area contributed by atoms with Gasteiger partial charge in [-0.1, -0.05) is 34.7 Å². The maximum Gasteiger partial charge on any atom is 0.323 e. The van der Waals surface area contributed by atoms with Crippen LogP contribution in [0.15, 0.2) is 23.2 Å². The van der Waals surface area contributed by atoms with Gasteiger partial charge in [-0.2, -0.15) is 0 Å². The van der Waals surface area contributed by atoms with E-state index >= 15 is 0 Å². The molecule has 5 heteroatoms. The molecule has 0 saturated carbocycles. The van der Waals surface area contributed by atoms with Crippen molar-refractivity contribution >= 4 is 27.9 Å². The van der Waals surface area contributed by atoms with Gasteiger partial charge in [-0.25, -0.2) is 0 Å². The van der Waals surface area contributed by atoms with Gasteiger partial charge in [0.15, 0.2) is 5.41 Å². The van der Waals surface area contributed by atoms with E-state index in [1.807, 2.05) is 0 Å². The Morgan fingerprint density at radius 2 is 1.75 bits per heavy atom. The zero-order valence-electron chi connectivity index (χ0n) is 9.58. The second kappa shape index (κ2) is 6.48. The standard InChI is InChI=1S/C11H15BrO4/c1-5-8(12)6-7-11(2,9(13)15-3)10(14)16-4/h5-6H,1,7H2,2-4H3/b8-6-. The Kier molecular flexibility index (Phi) is 6.03. The molecule has 0 rings (SSSR count). The topological polar surface area (TPSA) is 52.6 Å². The van der Waals surface area contributed by atoms with Gasteiger partial charge < -0.3 is 9.47 Å². The van der Waals surface area contributed by atoms with Gasteiger partial charge in [-0.3, -0.25) is 9.59 Å². The maximum atomic E-state index is 11.5. The number of carbonyl (C=O) groups is 2. The number of esters is 2. The Balaban J connectivity index is 5.02. The molecule has 0 aromatic carbocycles. The molecule has 0 fully saturated rings. The second-order valence-electron chi connectivity index (χ2n) is 3.31. The van der Waals surface area contributed by atoms with Crippen LogP contribution in [0.25, 0.3) is 0 Å². The SMILES string of the molecule is C=C/C(Br)=C/CC(C)(C(=O)OC)C(=O)OC. The highest BCUT2D eigenvalue weighted by Gasteiger charge is 2.42. The Morgan fingerprint density at radius 1 is 1.31 bits per heavy atom. The van der Waals surface area contributed by atoms with Gasteiger partial charge in [-0.15, -0.1) is 0 Å². The Bertz CT molecular complexity index is 304. The van der Waals surface area contributed by atoms with Crippen molar-refractivity contribution in [3.63, 3.8) is 0 Å². The average Bonchev–Trinajstić information content (AvgIpc) is 2.32. The fourth-order valence-electron chi connectivity index (χ4n) is 1.09. The molecule has 0 heterocycles. The first-order valence-electron chi connectivity index (χ1n) is 4.57. The van der Waals surface area contributed by atoms with Crippen LogP contribution in [0.5, 0.6) is 0 Å². The molecule has 16 heavy (non-hydrogen) atoms. The minimum atomic E-state index is -1.33. The highest BCUT2D eigenvalue weighted by atomic mass is 79.9. The molecule has 0 aromatic heterocycles. The fourth-order valence-corrected chi connectivity index (χ4v) is 1.25. The third kappa shape index (κ3) is 3.48. The van der Waals surface area contributed by atoms with Crippen LogP contribution >= 0.6 is 15.9 Å². The van der Waals surface area contributed by atoms with Crippen LogP contribution in [-0.4, -0.2) is 26.2 Å². The lowest BCUT2D eigenvalue weighted by Gasteiger charge is -2.22. The lowest BCUT2D eigenvalue weighted by molar-refractivity contribution is -0.167. The van der Waals surface area contributed by atoms with Crippen molar-refractivity contribution in [3.05, 3.63) is 23.2 Å². The first-order chi connectivity index (χ1) is 7.42. The number of halogens is 1. The van der Waals surface area contributed by atoms with Crippen LogP contribution in [0.2, 0.25) is 0 Å². The van der Waals surface area contributed by atoms with E-state index in [9.17, 15) is 9.59 Å². The largest absolute Gasteiger partial charge is 0.468 e. The number of ether oxygens (including phenoxy) is 2. The van der Waals surface area contributed by atoms with Crippen molar-refractivity contribution < 1.29 is 19.1 Å². The third-order valence-corrected chi connectivity index (χ3v) is 2.82. The van der Waals surface area contributed by atoms with E-state index in [0.717, 1.165) is 0 Å². The molecule has 0 saturated heterocycles. The maximum absolute atomic E-state index is 11.5. The minimum Gasteiger partial charge on any atom is -0.468 e. The van der Waals surface area contributed by atoms with E-state index < -0.39 is 17.4 Å². The van der Waals surface area contributed by atoms with Crippen LogP contribution < -0.4 is 0 Å². The van der Waals surface area contributed by atoms with E-state index in [1.165, 1.54) is 21.1 Å². The first kappa shape index (κ1) is 14.9. The Morgan fingerprint density at radius 3 is 2.06 bits per heavy atom. The summed E-state index contributed by atoms with van der Waals surface area (Å²) >= 11 is 3.21. The zero-order valence-corrected chi connectivity index (χ0v) is 11.2. The van der Waals surface area contributed by atoms with Gasteiger partial charge in [0.2, 0.25) is 0 Å². The Hall–Kier alpha value is -1.10. The van der Waals surface area contributed by atoms with Crippen molar-refractivity contribution in [1.29, 1.82) is 0 Å². The predicted octanol–water partition coefficient (Wildman–Crippen LogP) is 2.19. The normalized spacial score (nSPS) is 11.9. The smallest absolute Gasteiger partial charge is 0.323 e. The van der Waals surface area contributed by atoms with Crippen LogP contribution in [0.1, 0.15) is 13.3 Å². The molecule has 0 aliphatic carbocycles. The van der Waals surface area contributed by atoms with Gasteiger partial charge in [-0.05, 0) is 13.3 Å². The summed E-state index contributed by atoms with van der Waals surface area (Å²) in [5.74, 6) is -1.25. The molecule has 0 aliphatic heterocycles. The molecule has 4 nitrogen and oxygen atoms in total. The number of methoxy groups -OCH3 is 2. The first-order valence-corrected chi connectivity index (χ1v) is 5.36. The average molecular weight is 291 g/mol. The lowest BCUT2D eigenvalue weighted by Crippen LogP contribution is -2.38. The summed E-state index contributed by atoms with van der Waals surface area (Å²) in [6.45, 7) is 5.02. The van der Waals surface area contributed by atoms with Gasteiger partial charge in [0.05, 0.1) is 14.2 Å². The van der Waals surface area contributed by atoms with Crippen molar-refractivity contribution in [3.8, 4) is 0 Å². The molecule has 0 atom stereocenters. The van der Waals surface area contributed by atoms with Gasteiger partial charge >= 0.3 is 11.9 Å². The van der Waals surface area contributed by atoms with E-state index in [-0.39, 0.29) is 6.42 Å². The van der Waals surface area contributed by atoms with Crippen LogP contribution in [0.3, 0.4) is 0 Å². The van der Waals surface area contributed by atoms with Crippen molar-refractivity contribution in [1.82, 2.24) is 0 Å². The van der Waals surface area contributed by atoms with E-state index in [2.05, 4.69) is 32.0 Å². The van der Waals surface area contributed by atoms with E-state index in [1.54, 1.807) is 12.2 Å². The van der Waals surface area contributed by atoms with Gasteiger partial charge in [0.1, 0.15) is 0 Å². The molecule has 0 radical (unpaired) electrons. The van der Waals surface area contributed by atoms with Crippen LogP contribution in [0.4, 0.5) is 0 Å². The van der Waals surface area contributed by atoms with E-state index in [4.69, 9.17) is 0 Å². The fraction of sp³-hybridized carbons (Fsp3) is 0.455. The van der Waals surface area contributed by atoms with Crippen LogP contribution in [0, 0.1) is 5.41 Å². The highest BCUT2D eigenvalue weighted by Crippen LogP contribution is 2.27. The number of allylic oxidation sites excluding steroid dienone is 3. The predicted molar refractivity (Wildman–Crippen MR) is 64.0 cm³/mol. The minimum absolute atomic E-state index is 0.180. The van der Waals surface area contributed by atoms with Crippen molar-refractivity contribution in [2.45, 2.75) is 13.3 Å². The molecular formula is C11H15BrO4. The number of carbonyl (C=O) groups excluding carboxylic acids is 2. The summed E-state index contributed by atoms with van der Waals surface area (Å²) in [4.78, 5) is 23.1. The summed E-state index contributed by atoms with van der Waals surface area (Å²) in [6, 6.07) is 0. The number of rotatable bonds is 5. The van der Waals surface area contributed by atoms with E-state index in [0.29, 0.717) is 4.48 Å². The molecule has 0 bridgehead atoms.